The van der Waals surface area contributed by atoms with Crippen molar-refractivity contribution in [2.45, 2.75) is 24.9 Å². The van der Waals surface area contributed by atoms with E-state index in [2.05, 4.69) is 0 Å². The first-order chi connectivity index (χ1) is 8.98. The normalized spacial score (nSPS) is 28.7. The lowest BCUT2D eigenvalue weighted by molar-refractivity contribution is -0.148. The second-order valence-corrected chi connectivity index (χ2v) is 5.01. The highest BCUT2D eigenvalue weighted by atomic mass is 16.6. The van der Waals surface area contributed by atoms with Crippen LogP contribution in [0.5, 0.6) is 0 Å². The van der Waals surface area contributed by atoms with Gasteiger partial charge in [-0.25, -0.2) is 0 Å². The van der Waals surface area contributed by atoms with Crippen molar-refractivity contribution in [1.29, 1.82) is 0 Å². The zero-order chi connectivity index (χ0) is 13.8. The summed E-state index contributed by atoms with van der Waals surface area (Å²) in [5.41, 5.74) is 0.263. The Morgan fingerprint density at radius 3 is 2.74 bits per heavy atom. The average molecular weight is 259 g/mol. The Bertz CT molecular complexity index is 609. The Hall–Kier alpha value is -2.17. The first kappa shape index (κ1) is 11.9. The first-order valence-corrected chi connectivity index (χ1v) is 6.06. The summed E-state index contributed by atoms with van der Waals surface area (Å²) in [6.45, 7) is 1.35. The monoisotopic (exact) mass is 259 g/mol. The van der Waals surface area contributed by atoms with E-state index in [1.54, 1.807) is 19.2 Å². The lowest BCUT2D eigenvalue weighted by atomic mass is 9.74. The maximum Gasteiger partial charge on any atom is 0.308 e. The molecule has 0 bridgehead atoms. The standard InChI is InChI=1S/C14H13NO4/c1-8(16)12-14(7-11(17)19-12)9-5-3-4-6-10(9)15(2)13(14)18/h3-6,12H,7H2,1-2H3/t12?,14-/m0/s1. The number of benzene rings is 1. The van der Waals surface area contributed by atoms with Gasteiger partial charge in [-0.2, -0.15) is 0 Å². The Balaban J connectivity index is 2.26. The van der Waals surface area contributed by atoms with Gasteiger partial charge in [-0.1, -0.05) is 18.2 Å². The lowest BCUT2D eigenvalue weighted by Crippen LogP contribution is -2.47. The van der Waals surface area contributed by atoms with Gasteiger partial charge in [-0.3, -0.25) is 14.4 Å². The molecular formula is C14H13NO4. The van der Waals surface area contributed by atoms with Crippen LogP contribution in [0.1, 0.15) is 18.9 Å². The van der Waals surface area contributed by atoms with Gasteiger partial charge >= 0.3 is 5.97 Å². The predicted molar refractivity (Wildman–Crippen MR) is 66.7 cm³/mol. The van der Waals surface area contributed by atoms with E-state index in [0.29, 0.717) is 5.56 Å². The fourth-order valence-electron chi connectivity index (χ4n) is 3.12. The predicted octanol–water partition coefficient (Wildman–Crippen LogP) is 0.805. The number of nitrogens with zero attached hydrogens (tertiary/aromatic N) is 1. The number of hydrogen-bond donors (Lipinski definition) is 0. The van der Waals surface area contributed by atoms with Crippen LogP contribution in [0.15, 0.2) is 24.3 Å². The fraction of sp³-hybridized carbons (Fsp3) is 0.357. The van der Waals surface area contributed by atoms with Crippen LogP contribution in [0.25, 0.3) is 0 Å². The maximum absolute atomic E-state index is 12.6. The van der Waals surface area contributed by atoms with Crippen LogP contribution in [-0.4, -0.2) is 30.8 Å². The van der Waals surface area contributed by atoms with E-state index in [4.69, 9.17) is 4.74 Å². The van der Waals surface area contributed by atoms with E-state index in [-0.39, 0.29) is 18.1 Å². The van der Waals surface area contributed by atoms with Gasteiger partial charge in [-0.05, 0) is 18.6 Å². The molecule has 0 aliphatic carbocycles. The van der Waals surface area contributed by atoms with Crippen molar-refractivity contribution < 1.29 is 19.1 Å². The number of esters is 1. The second-order valence-electron chi connectivity index (χ2n) is 5.01. The smallest absolute Gasteiger partial charge is 0.308 e. The Morgan fingerprint density at radius 1 is 1.37 bits per heavy atom. The summed E-state index contributed by atoms with van der Waals surface area (Å²) >= 11 is 0. The zero-order valence-corrected chi connectivity index (χ0v) is 10.7. The van der Waals surface area contributed by atoms with Gasteiger partial charge in [0.25, 0.3) is 0 Å². The molecule has 0 saturated carbocycles. The molecule has 5 heteroatoms. The molecule has 1 aromatic rings. The minimum absolute atomic E-state index is 0.0720. The molecule has 1 spiro atoms. The molecule has 2 heterocycles. The van der Waals surface area contributed by atoms with Crippen molar-refractivity contribution in [3.63, 3.8) is 0 Å². The molecule has 0 radical (unpaired) electrons. The molecule has 98 valence electrons. The van der Waals surface area contributed by atoms with Crippen molar-refractivity contribution >= 4 is 23.3 Å². The number of ether oxygens (including phenoxy) is 1. The molecule has 5 nitrogen and oxygen atoms in total. The van der Waals surface area contributed by atoms with Crippen LogP contribution in [0.4, 0.5) is 5.69 Å². The van der Waals surface area contributed by atoms with Crippen LogP contribution < -0.4 is 4.90 Å². The summed E-state index contributed by atoms with van der Waals surface area (Å²) in [7, 11) is 1.65. The molecule has 1 amide bonds. The molecule has 2 aliphatic rings. The third-order valence-electron chi connectivity index (χ3n) is 3.92. The van der Waals surface area contributed by atoms with Gasteiger partial charge in [0, 0.05) is 12.7 Å². The molecule has 1 unspecified atom stereocenters. The minimum atomic E-state index is -1.17. The summed E-state index contributed by atoms with van der Waals surface area (Å²) in [6.07, 6.45) is -1.09. The number of carbonyl (C=O) groups is 3. The number of likely N-dealkylation sites (N-methyl/N-ethyl adjacent to an activating group) is 1. The molecule has 3 rings (SSSR count). The molecule has 19 heavy (non-hydrogen) atoms. The Labute approximate surface area is 110 Å². The minimum Gasteiger partial charge on any atom is -0.453 e. The van der Waals surface area contributed by atoms with Gasteiger partial charge in [0.05, 0.1) is 6.42 Å². The number of fused-ring (bicyclic) bond motifs is 2. The van der Waals surface area contributed by atoms with E-state index in [0.717, 1.165) is 5.69 Å². The van der Waals surface area contributed by atoms with E-state index in [1.807, 2.05) is 12.1 Å². The second kappa shape index (κ2) is 3.66. The number of ketones is 1. The largest absolute Gasteiger partial charge is 0.453 e. The number of rotatable bonds is 1. The summed E-state index contributed by atoms with van der Waals surface area (Å²) in [6, 6.07) is 7.21. The molecule has 1 aromatic carbocycles. The van der Waals surface area contributed by atoms with Crippen LogP contribution in [0.2, 0.25) is 0 Å². The molecule has 1 fully saturated rings. The van der Waals surface area contributed by atoms with Crippen molar-refractivity contribution in [3.05, 3.63) is 29.8 Å². The number of para-hydroxylation sites is 1. The van der Waals surface area contributed by atoms with Gasteiger partial charge in [-0.15, -0.1) is 0 Å². The third kappa shape index (κ3) is 1.32. The summed E-state index contributed by atoms with van der Waals surface area (Å²) in [5, 5.41) is 0. The average Bonchev–Trinajstić information content (AvgIpc) is 2.84. The highest BCUT2D eigenvalue weighted by Crippen LogP contribution is 2.49. The first-order valence-electron chi connectivity index (χ1n) is 6.06. The van der Waals surface area contributed by atoms with E-state index < -0.39 is 17.5 Å². The van der Waals surface area contributed by atoms with E-state index >= 15 is 0 Å². The van der Waals surface area contributed by atoms with Gasteiger partial charge in [0.15, 0.2) is 11.9 Å². The van der Waals surface area contributed by atoms with E-state index in [1.165, 1.54) is 11.8 Å². The topological polar surface area (TPSA) is 63.7 Å². The number of amides is 1. The molecule has 0 N–H and O–H groups in total. The Morgan fingerprint density at radius 2 is 2.05 bits per heavy atom. The van der Waals surface area contributed by atoms with Crippen LogP contribution >= 0.6 is 0 Å². The fourth-order valence-corrected chi connectivity index (χ4v) is 3.12. The van der Waals surface area contributed by atoms with Crippen LogP contribution in [0, 0.1) is 0 Å². The maximum atomic E-state index is 12.6. The Kier molecular flexibility index (Phi) is 2.29. The molecule has 2 atom stereocenters. The number of Topliss-reactive ketones (excluding diaryl/α,β-unsaturated/α-hetero) is 1. The third-order valence-corrected chi connectivity index (χ3v) is 3.92. The summed E-state index contributed by atoms with van der Waals surface area (Å²) < 4.78 is 5.10. The molecule has 2 aliphatic heterocycles. The quantitative estimate of drug-likeness (QED) is 0.700. The molecular weight excluding hydrogens is 246 g/mol. The SMILES string of the molecule is CC(=O)C1OC(=O)C[C@@]12C(=O)N(C)c1ccccc12. The van der Waals surface area contributed by atoms with Crippen LogP contribution in [-0.2, 0) is 24.5 Å². The number of anilines is 1. The van der Waals surface area contributed by atoms with Crippen LogP contribution in [0.3, 0.4) is 0 Å². The number of cyclic esters (lactones) is 1. The molecule has 0 aromatic heterocycles. The molecule has 1 saturated heterocycles. The van der Waals surface area contributed by atoms with Crippen molar-refractivity contribution in [1.82, 2.24) is 0 Å². The zero-order valence-electron chi connectivity index (χ0n) is 10.7. The van der Waals surface area contributed by atoms with Gasteiger partial charge in [0.2, 0.25) is 5.91 Å². The highest BCUT2D eigenvalue weighted by molar-refractivity contribution is 6.14. The van der Waals surface area contributed by atoms with E-state index in [9.17, 15) is 14.4 Å². The highest BCUT2D eigenvalue weighted by Gasteiger charge is 2.62. The van der Waals surface area contributed by atoms with Gasteiger partial charge in [0.1, 0.15) is 5.41 Å². The summed E-state index contributed by atoms with van der Waals surface area (Å²) in [4.78, 5) is 37.5. The van der Waals surface area contributed by atoms with Crippen molar-refractivity contribution in [2.24, 2.45) is 0 Å². The van der Waals surface area contributed by atoms with Crippen molar-refractivity contribution in [2.75, 3.05) is 11.9 Å². The number of carbonyl (C=O) groups excluding carboxylic acids is 3. The van der Waals surface area contributed by atoms with Crippen molar-refractivity contribution in [3.8, 4) is 0 Å². The summed E-state index contributed by atoms with van der Waals surface area (Å²) in [5.74, 6) is -1.05. The lowest BCUT2D eigenvalue weighted by Gasteiger charge is -2.25. The van der Waals surface area contributed by atoms with Gasteiger partial charge < -0.3 is 9.64 Å². The number of hydrogen-bond acceptors (Lipinski definition) is 4.